The van der Waals surface area contributed by atoms with Crippen molar-refractivity contribution in [2.75, 3.05) is 13.1 Å². The minimum atomic E-state index is -0.0610. The van der Waals surface area contributed by atoms with Crippen molar-refractivity contribution in [2.45, 2.75) is 65.6 Å². The molecule has 0 atom stereocenters. The van der Waals surface area contributed by atoms with Gasteiger partial charge in [0.05, 0.1) is 19.3 Å². The van der Waals surface area contributed by atoms with Gasteiger partial charge in [-0.2, -0.15) is 0 Å². The second-order valence-corrected chi connectivity index (χ2v) is 8.66. The van der Waals surface area contributed by atoms with Gasteiger partial charge in [0.25, 0.3) is 0 Å². The summed E-state index contributed by atoms with van der Waals surface area (Å²) in [5, 5.41) is 6.54. The van der Waals surface area contributed by atoms with Gasteiger partial charge in [-0.1, -0.05) is 45.0 Å². The molecule has 2 heterocycles. The molecule has 7 heteroatoms. The van der Waals surface area contributed by atoms with Crippen LogP contribution in [0, 0.1) is 0 Å². The van der Waals surface area contributed by atoms with Crippen molar-refractivity contribution in [1.29, 1.82) is 0 Å². The van der Waals surface area contributed by atoms with Gasteiger partial charge < -0.3 is 20.0 Å². The normalized spacial score (nSPS) is 15.0. The van der Waals surface area contributed by atoms with Crippen molar-refractivity contribution in [1.82, 2.24) is 20.5 Å². The molecule has 162 valence electrons. The Morgan fingerprint density at radius 1 is 1.27 bits per heavy atom. The number of hydrogen-bond donors (Lipinski definition) is 2. The standard InChI is InChI=1S/C23H33N5O2/c1-5-24-22(27-15-20-25-14-19(30-20)23(2,3)4)26-13-17-8-6-9-18(12-17)16-28-11-7-10-21(28)29/h6,8-9,12,14H,5,7,10-11,13,15-16H2,1-4H3,(H2,24,26,27). The van der Waals surface area contributed by atoms with E-state index >= 15 is 0 Å². The lowest BCUT2D eigenvalue weighted by Gasteiger charge is -2.16. The van der Waals surface area contributed by atoms with Crippen molar-refractivity contribution < 1.29 is 9.21 Å². The molecule has 1 amide bonds. The van der Waals surface area contributed by atoms with Crippen molar-refractivity contribution in [3.05, 3.63) is 53.2 Å². The van der Waals surface area contributed by atoms with Gasteiger partial charge in [-0.05, 0) is 24.5 Å². The van der Waals surface area contributed by atoms with E-state index in [4.69, 9.17) is 4.42 Å². The lowest BCUT2D eigenvalue weighted by atomic mass is 9.94. The number of nitrogens with one attached hydrogen (secondary N) is 2. The van der Waals surface area contributed by atoms with Crippen molar-refractivity contribution in [2.24, 2.45) is 4.99 Å². The summed E-state index contributed by atoms with van der Waals surface area (Å²) in [6, 6.07) is 8.29. The summed E-state index contributed by atoms with van der Waals surface area (Å²) in [5.41, 5.74) is 2.20. The molecular weight excluding hydrogens is 378 g/mol. The lowest BCUT2D eigenvalue weighted by Crippen LogP contribution is -2.36. The van der Waals surface area contributed by atoms with Gasteiger partial charge in [0.1, 0.15) is 5.76 Å². The smallest absolute Gasteiger partial charge is 0.222 e. The molecule has 0 unspecified atom stereocenters. The molecule has 0 spiro atoms. The molecule has 0 aliphatic carbocycles. The van der Waals surface area contributed by atoms with Crippen LogP contribution in [0.25, 0.3) is 0 Å². The van der Waals surface area contributed by atoms with Crippen LogP contribution in [0.3, 0.4) is 0 Å². The van der Waals surface area contributed by atoms with E-state index in [1.807, 2.05) is 17.9 Å². The molecule has 0 bridgehead atoms. The number of benzene rings is 1. The van der Waals surface area contributed by atoms with Crippen LogP contribution in [-0.2, 0) is 29.8 Å². The summed E-state index contributed by atoms with van der Waals surface area (Å²) in [7, 11) is 0. The van der Waals surface area contributed by atoms with Gasteiger partial charge in [-0.25, -0.2) is 9.98 Å². The van der Waals surface area contributed by atoms with E-state index in [0.29, 0.717) is 37.9 Å². The first-order chi connectivity index (χ1) is 14.3. The number of amides is 1. The Labute approximate surface area is 179 Å². The third-order valence-corrected chi connectivity index (χ3v) is 5.00. The van der Waals surface area contributed by atoms with Crippen molar-refractivity contribution in [3.63, 3.8) is 0 Å². The van der Waals surface area contributed by atoms with E-state index in [0.717, 1.165) is 36.4 Å². The Kier molecular flexibility index (Phi) is 7.13. The zero-order valence-electron chi connectivity index (χ0n) is 18.5. The number of aromatic nitrogens is 1. The van der Waals surface area contributed by atoms with Gasteiger partial charge >= 0.3 is 0 Å². The van der Waals surface area contributed by atoms with Gasteiger partial charge in [0, 0.05) is 31.5 Å². The fourth-order valence-corrected chi connectivity index (χ4v) is 3.33. The molecule has 0 saturated carbocycles. The molecule has 3 rings (SSSR count). The number of likely N-dealkylation sites (tertiary alicyclic amines) is 1. The van der Waals surface area contributed by atoms with Gasteiger partial charge in [-0.15, -0.1) is 0 Å². The van der Waals surface area contributed by atoms with Gasteiger partial charge in [0.2, 0.25) is 11.8 Å². The molecule has 2 aromatic rings. The van der Waals surface area contributed by atoms with Crippen LogP contribution in [0.5, 0.6) is 0 Å². The van der Waals surface area contributed by atoms with E-state index < -0.39 is 0 Å². The number of rotatable bonds is 7. The second kappa shape index (κ2) is 9.78. The molecule has 2 N–H and O–H groups in total. The predicted molar refractivity (Wildman–Crippen MR) is 118 cm³/mol. The van der Waals surface area contributed by atoms with E-state index in [1.165, 1.54) is 0 Å². The topological polar surface area (TPSA) is 82.8 Å². The monoisotopic (exact) mass is 411 g/mol. The van der Waals surface area contributed by atoms with E-state index in [1.54, 1.807) is 6.20 Å². The summed E-state index contributed by atoms with van der Waals surface area (Å²) >= 11 is 0. The van der Waals surface area contributed by atoms with E-state index in [2.05, 4.69) is 59.6 Å². The minimum absolute atomic E-state index is 0.0610. The molecule has 1 fully saturated rings. The highest BCUT2D eigenvalue weighted by molar-refractivity contribution is 5.79. The number of aliphatic imine (C=N–C) groups is 1. The number of oxazole rings is 1. The molecule has 30 heavy (non-hydrogen) atoms. The third kappa shape index (κ3) is 6.08. The number of carbonyl (C=O) groups excluding carboxylic acids is 1. The van der Waals surface area contributed by atoms with Crippen LogP contribution < -0.4 is 10.6 Å². The zero-order valence-corrected chi connectivity index (χ0v) is 18.5. The maximum atomic E-state index is 11.9. The summed E-state index contributed by atoms with van der Waals surface area (Å²) < 4.78 is 5.84. The average molecular weight is 412 g/mol. The molecule has 1 saturated heterocycles. The molecule has 1 aliphatic heterocycles. The van der Waals surface area contributed by atoms with Crippen LogP contribution in [-0.4, -0.2) is 34.8 Å². The Morgan fingerprint density at radius 2 is 2.07 bits per heavy atom. The maximum Gasteiger partial charge on any atom is 0.222 e. The predicted octanol–water partition coefficient (Wildman–Crippen LogP) is 3.35. The number of guanidine groups is 1. The first kappa shape index (κ1) is 21.9. The van der Waals surface area contributed by atoms with Crippen molar-refractivity contribution in [3.8, 4) is 0 Å². The maximum absolute atomic E-state index is 11.9. The molecule has 1 aliphatic rings. The molecule has 1 aromatic carbocycles. The fraction of sp³-hybridized carbons (Fsp3) is 0.522. The summed E-state index contributed by atoms with van der Waals surface area (Å²) in [4.78, 5) is 22.8. The summed E-state index contributed by atoms with van der Waals surface area (Å²) in [6.45, 7) is 11.7. The van der Waals surface area contributed by atoms with Crippen LogP contribution in [0.15, 0.2) is 39.9 Å². The first-order valence-corrected chi connectivity index (χ1v) is 10.7. The van der Waals surface area contributed by atoms with Crippen LogP contribution in [0.2, 0.25) is 0 Å². The minimum Gasteiger partial charge on any atom is -0.443 e. The highest BCUT2D eigenvalue weighted by atomic mass is 16.4. The van der Waals surface area contributed by atoms with Gasteiger partial charge in [-0.3, -0.25) is 4.79 Å². The van der Waals surface area contributed by atoms with Crippen molar-refractivity contribution >= 4 is 11.9 Å². The Balaban J connectivity index is 1.59. The first-order valence-electron chi connectivity index (χ1n) is 10.7. The molecule has 7 nitrogen and oxygen atoms in total. The summed E-state index contributed by atoms with van der Waals surface area (Å²) in [5.74, 6) is 2.48. The largest absolute Gasteiger partial charge is 0.443 e. The number of hydrogen-bond acceptors (Lipinski definition) is 4. The average Bonchev–Trinajstić information content (AvgIpc) is 3.34. The Bertz CT molecular complexity index is 882. The quantitative estimate of drug-likeness (QED) is 0.539. The third-order valence-electron chi connectivity index (χ3n) is 5.00. The van der Waals surface area contributed by atoms with Crippen LogP contribution in [0.4, 0.5) is 0 Å². The van der Waals surface area contributed by atoms with E-state index in [-0.39, 0.29) is 11.3 Å². The SMILES string of the molecule is CCNC(=NCc1cccc(CN2CCCC2=O)c1)NCc1ncc(C(C)(C)C)o1. The zero-order chi connectivity index (χ0) is 21.6. The highest BCUT2D eigenvalue weighted by Gasteiger charge is 2.20. The molecular formula is C23H33N5O2. The molecule has 0 radical (unpaired) electrons. The highest BCUT2D eigenvalue weighted by Crippen LogP contribution is 2.22. The van der Waals surface area contributed by atoms with Gasteiger partial charge in [0.15, 0.2) is 5.96 Å². The molecule has 1 aromatic heterocycles. The fourth-order valence-electron chi connectivity index (χ4n) is 3.33. The van der Waals surface area contributed by atoms with E-state index in [9.17, 15) is 4.79 Å². The Hall–Kier alpha value is -2.83. The number of nitrogens with zero attached hydrogens (tertiary/aromatic N) is 3. The Morgan fingerprint density at radius 3 is 2.73 bits per heavy atom. The summed E-state index contributed by atoms with van der Waals surface area (Å²) in [6.07, 6.45) is 3.42. The number of carbonyl (C=O) groups is 1. The second-order valence-electron chi connectivity index (χ2n) is 8.66. The van der Waals surface area contributed by atoms with Crippen LogP contribution in [0.1, 0.15) is 63.3 Å². The van der Waals surface area contributed by atoms with Crippen LogP contribution >= 0.6 is 0 Å². The lowest BCUT2D eigenvalue weighted by molar-refractivity contribution is -0.128.